The van der Waals surface area contributed by atoms with Crippen LogP contribution in [0.4, 0.5) is 5.69 Å². The molecule has 1 rings (SSSR count). The van der Waals surface area contributed by atoms with Crippen LogP contribution in [0.2, 0.25) is 0 Å². The van der Waals surface area contributed by atoms with Gasteiger partial charge in [-0.2, -0.15) is 0 Å². The molecule has 1 aromatic rings. The Kier molecular flexibility index (Phi) is 7.11. The van der Waals surface area contributed by atoms with Crippen molar-refractivity contribution in [2.75, 3.05) is 25.1 Å². The van der Waals surface area contributed by atoms with E-state index < -0.39 is 0 Å². The number of anilines is 1. The monoisotopic (exact) mass is 365 g/mol. The van der Waals surface area contributed by atoms with Crippen molar-refractivity contribution in [3.8, 4) is 0 Å². The fraction of sp³-hybridized carbons (Fsp3) is 0.500. The van der Waals surface area contributed by atoms with Gasteiger partial charge in [-0.3, -0.25) is 0 Å². The van der Waals surface area contributed by atoms with Gasteiger partial charge in [0.2, 0.25) is 0 Å². The van der Waals surface area contributed by atoms with Crippen LogP contribution in [0.5, 0.6) is 0 Å². The third-order valence-corrected chi connectivity index (χ3v) is 3.44. The molecule has 0 saturated heterocycles. The number of ether oxygens (including phenoxy) is 2. The van der Waals surface area contributed by atoms with Gasteiger partial charge in [0.25, 0.3) is 0 Å². The highest BCUT2D eigenvalue weighted by molar-refractivity contribution is 9.11. The highest BCUT2D eigenvalue weighted by Gasteiger charge is 2.10. The van der Waals surface area contributed by atoms with Crippen LogP contribution in [-0.4, -0.2) is 26.0 Å². The van der Waals surface area contributed by atoms with Crippen molar-refractivity contribution in [3.63, 3.8) is 0 Å². The minimum atomic E-state index is -0.219. The first-order valence-corrected chi connectivity index (χ1v) is 7.18. The molecule has 0 unspecified atom stereocenters. The van der Waals surface area contributed by atoms with Crippen molar-refractivity contribution in [2.24, 2.45) is 0 Å². The van der Waals surface area contributed by atoms with E-state index in [4.69, 9.17) is 9.47 Å². The van der Waals surface area contributed by atoms with Crippen LogP contribution in [0.15, 0.2) is 27.1 Å². The van der Waals surface area contributed by atoms with Crippen LogP contribution >= 0.6 is 31.9 Å². The Morgan fingerprint density at radius 2 is 1.65 bits per heavy atom. The molecule has 96 valence electrons. The summed E-state index contributed by atoms with van der Waals surface area (Å²) in [5, 5.41) is 3.31. The van der Waals surface area contributed by atoms with Crippen molar-refractivity contribution in [3.05, 3.63) is 27.1 Å². The van der Waals surface area contributed by atoms with Gasteiger partial charge in [-0.1, -0.05) is 6.07 Å². The molecular formula is C12H17Br2NO2. The van der Waals surface area contributed by atoms with Gasteiger partial charge in [0.1, 0.15) is 0 Å². The van der Waals surface area contributed by atoms with E-state index in [-0.39, 0.29) is 6.29 Å². The molecule has 0 fully saturated rings. The van der Waals surface area contributed by atoms with E-state index in [0.29, 0.717) is 19.8 Å². The Hall–Kier alpha value is -0.100. The molecule has 0 heterocycles. The van der Waals surface area contributed by atoms with Gasteiger partial charge in [-0.15, -0.1) is 0 Å². The summed E-state index contributed by atoms with van der Waals surface area (Å²) in [6, 6.07) is 5.95. The highest BCUT2D eigenvalue weighted by Crippen LogP contribution is 2.30. The molecule has 0 aliphatic rings. The molecule has 5 heteroatoms. The first-order chi connectivity index (χ1) is 8.19. The Labute approximate surface area is 119 Å². The van der Waals surface area contributed by atoms with Crippen LogP contribution in [0.25, 0.3) is 0 Å². The van der Waals surface area contributed by atoms with Crippen molar-refractivity contribution in [2.45, 2.75) is 20.1 Å². The lowest BCUT2D eigenvalue weighted by molar-refractivity contribution is -0.126. The third-order valence-electron chi connectivity index (χ3n) is 2.11. The Balaban J connectivity index is 2.58. The van der Waals surface area contributed by atoms with Gasteiger partial charge in [-0.25, -0.2) is 0 Å². The van der Waals surface area contributed by atoms with E-state index in [1.54, 1.807) is 0 Å². The Morgan fingerprint density at radius 3 is 2.12 bits per heavy atom. The van der Waals surface area contributed by atoms with Crippen LogP contribution in [-0.2, 0) is 9.47 Å². The van der Waals surface area contributed by atoms with Gasteiger partial charge in [0, 0.05) is 22.2 Å². The lowest BCUT2D eigenvalue weighted by Crippen LogP contribution is -2.26. The zero-order valence-corrected chi connectivity index (χ0v) is 13.2. The summed E-state index contributed by atoms with van der Waals surface area (Å²) in [6.45, 7) is 5.82. The van der Waals surface area contributed by atoms with E-state index in [1.807, 2.05) is 32.0 Å². The summed E-state index contributed by atoms with van der Waals surface area (Å²) in [5.74, 6) is 0. The number of hydrogen-bond acceptors (Lipinski definition) is 3. The predicted molar refractivity (Wildman–Crippen MR) is 77.4 cm³/mol. The molecule has 0 amide bonds. The lowest BCUT2D eigenvalue weighted by atomic mass is 10.3. The van der Waals surface area contributed by atoms with E-state index in [9.17, 15) is 0 Å². The molecule has 17 heavy (non-hydrogen) atoms. The number of rotatable bonds is 7. The zero-order valence-electron chi connectivity index (χ0n) is 10.0. The predicted octanol–water partition coefficient (Wildman–Crippen LogP) is 4.02. The number of para-hydroxylation sites is 1. The molecule has 0 atom stereocenters. The minimum Gasteiger partial charge on any atom is -0.378 e. The number of benzene rings is 1. The van der Waals surface area contributed by atoms with Gasteiger partial charge in [0.05, 0.1) is 12.2 Å². The van der Waals surface area contributed by atoms with Crippen LogP contribution < -0.4 is 5.32 Å². The summed E-state index contributed by atoms with van der Waals surface area (Å²) in [5.41, 5.74) is 1.01. The number of hydrogen-bond donors (Lipinski definition) is 1. The number of halogens is 2. The maximum absolute atomic E-state index is 5.47. The van der Waals surface area contributed by atoms with Gasteiger partial charge in [-0.05, 0) is 57.8 Å². The highest BCUT2D eigenvalue weighted by atomic mass is 79.9. The quantitative estimate of drug-likeness (QED) is 0.739. The van der Waals surface area contributed by atoms with Crippen molar-refractivity contribution in [1.82, 2.24) is 0 Å². The van der Waals surface area contributed by atoms with Crippen molar-refractivity contribution in [1.29, 1.82) is 0 Å². The van der Waals surface area contributed by atoms with Gasteiger partial charge < -0.3 is 14.8 Å². The molecule has 0 aliphatic carbocycles. The second-order valence-electron chi connectivity index (χ2n) is 3.32. The first kappa shape index (κ1) is 15.0. The fourth-order valence-corrected chi connectivity index (χ4v) is 2.67. The summed E-state index contributed by atoms with van der Waals surface area (Å²) in [6.07, 6.45) is -0.219. The molecule has 0 saturated carbocycles. The van der Waals surface area contributed by atoms with E-state index in [0.717, 1.165) is 14.6 Å². The second kappa shape index (κ2) is 8.08. The van der Waals surface area contributed by atoms with Crippen molar-refractivity contribution < 1.29 is 9.47 Å². The summed E-state index contributed by atoms with van der Waals surface area (Å²) in [4.78, 5) is 0. The maximum atomic E-state index is 5.47. The molecular weight excluding hydrogens is 350 g/mol. The largest absolute Gasteiger partial charge is 0.378 e. The lowest BCUT2D eigenvalue weighted by Gasteiger charge is -2.19. The molecule has 0 radical (unpaired) electrons. The summed E-state index contributed by atoms with van der Waals surface area (Å²) >= 11 is 7.00. The van der Waals surface area contributed by atoms with E-state index in [1.165, 1.54) is 0 Å². The van der Waals surface area contributed by atoms with E-state index >= 15 is 0 Å². The van der Waals surface area contributed by atoms with Gasteiger partial charge in [0.15, 0.2) is 6.29 Å². The smallest absolute Gasteiger partial charge is 0.174 e. The molecule has 0 aromatic heterocycles. The Bertz CT molecular complexity index is 321. The third kappa shape index (κ3) is 4.95. The molecule has 3 nitrogen and oxygen atoms in total. The fourth-order valence-electron chi connectivity index (χ4n) is 1.39. The normalized spacial score (nSPS) is 10.9. The first-order valence-electron chi connectivity index (χ1n) is 5.60. The maximum Gasteiger partial charge on any atom is 0.174 e. The molecule has 1 N–H and O–H groups in total. The summed E-state index contributed by atoms with van der Waals surface area (Å²) < 4.78 is 13.0. The Morgan fingerprint density at radius 1 is 1.12 bits per heavy atom. The standard InChI is InChI=1S/C12H17Br2NO2/c1-3-16-11(17-4-2)8-15-12-9(13)6-5-7-10(12)14/h5-7,11,15H,3-4,8H2,1-2H3. The van der Waals surface area contributed by atoms with Crippen LogP contribution in [0, 0.1) is 0 Å². The topological polar surface area (TPSA) is 30.5 Å². The van der Waals surface area contributed by atoms with Crippen molar-refractivity contribution >= 4 is 37.5 Å². The molecule has 0 aliphatic heterocycles. The van der Waals surface area contributed by atoms with E-state index in [2.05, 4.69) is 37.2 Å². The zero-order chi connectivity index (χ0) is 12.7. The van der Waals surface area contributed by atoms with Crippen LogP contribution in [0.1, 0.15) is 13.8 Å². The average Bonchev–Trinajstić information content (AvgIpc) is 2.29. The second-order valence-corrected chi connectivity index (χ2v) is 5.03. The van der Waals surface area contributed by atoms with Crippen LogP contribution in [0.3, 0.4) is 0 Å². The van der Waals surface area contributed by atoms with Gasteiger partial charge >= 0.3 is 0 Å². The molecule has 1 aromatic carbocycles. The SMILES string of the molecule is CCOC(CNc1c(Br)cccc1Br)OCC. The molecule has 0 spiro atoms. The minimum absolute atomic E-state index is 0.219. The average molecular weight is 367 g/mol. The molecule has 0 bridgehead atoms. The number of nitrogens with one attached hydrogen (secondary N) is 1. The summed E-state index contributed by atoms with van der Waals surface area (Å²) in [7, 11) is 0.